The van der Waals surface area contributed by atoms with E-state index in [0.29, 0.717) is 33.1 Å². The number of aromatic nitrogens is 2. The minimum Gasteiger partial charge on any atom is -0.481 e. The van der Waals surface area contributed by atoms with Gasteiger partial charge in [0.1, 0.15) is 23.5 Å². The van der Waals surface area contributed by atoms with E-state index in [1.807, 2.05) is 18.2 Å². The Morgan fingerprint density at radius 3 is 2.44 bits per heavy atom. The van der Waals surface area contributed by atoms with Crippen LogP contribution >= 0.6 is 11.6 Å². The van der Waals surface area contributed by atoms with Gasteiger partial charge < -0.3 is 14.4 Å². The van der Waals surface area contributed by atoms with Crippen LogP contribution in [0.3, 0.4) is 0 Å². The van der Waals surface area contributed by atoms with Crippen molar-refractivity contribution >= 4 is 34.5 Å². The summed E-state index contributed by atoms with van der Waals surface area (Å²) < 4.78 is 24.5. The largest absolute Gasteiger partial charge is 0.481 e. The van der Waals surface area contributed by atoms with Crippen LogP contribution in [-0.2, 0) is 4.84 Å². The Kier molecular flexibility index (Phi) is 8.82. The average molecular weight is 628 g/mol. The van der Waals surface area contributed by atoms with E-state index in [0.717, 1.165) is 43.2 Å². The van der Waals surface area contributed by atoms with Crippen molar-refractivity contribution in [2.75, 3.05) is 7.11 Å². The van der Waals surface area contributed by atoms with Crippen LogP contribution in [0.1, 0.15) is 76.1 Å². The summed E-state index contributed by atoms with van der Waals surface area (Å²) in [5.41, 5.74) is 5.81. The normalized spacial score (nSPS) is 14.3. The quantitative estimate of drug-likeness (QED) is 0.160. The molecule has 1 aliphatic carbocycles. The molecule has 6 rings (SSSR count). The van der Waals surface area contributed by atoms with Gasteiger partial charge in [0.05, 0.1) is 29.3 Å². The molecule has 1 amide bonds. The topological polar surface area (TPSA) is 103 Å². The summed E-state index contributed by atoms with van der Waals surface area (Å²) in [6.45, 7) is 0. The van der Waals surface area contributed by atoms with Gasteiger partial charge in [-0.3, -0.25) is 9.63 Å². The summed E-state index contributed by atoms with van der Waals surface area (Å²) in [5.74, 6) is -1.26. The molecule has 5 aromatic rings. The van der Waals surface area contributed by atoms with E-state index in [2.05, 4.69) is 10.0 Å². The summed E-state index contributed by atoms with van der Waals surface area (Å²) in [7, 11) is 1.36. The molecule has 0 bridgehead atoms. The lowest BCUT2D eigenvalue weighted by atomic mass is 9.94. The molecule has 1 saturated carbocycles. The van der Waals surface area contributed by atoms with E-state index in [1.54, 1.807) is 54.6 Å². The van der Waals surface area contributed by atoms with Crippen LogP contribution in [-0.4, -0.2) is 33.6 Å². The van der Waals surface area contributed by atoms with Crippen molar-refractivity contribution in [2.45, 2.75) is 44.2 Å². The monoisotopic (exact) mass is 627 g/mol. The fraction of sp³-hybridized carbons (Fsp3) is 0.229. The highest BCUT2D eigenvalue weighted by atomic mass is 35.5. The van der Waals surface area contributed by atoms with Crippen LogP contribution in [0.4, 0.5) is 4.39 Å². The summed E-state index contributed by atoms with van der Waals surface area (Å²) >= 11 is 6.15. The Balaban J connectivity index is 1.39. The molecular weight excluding hydrogens is 597 g/mol. The number of rotatable bonds is 9. The van der Waals surface area contributed by atoms with E-state index < -0.39 is 23.8 Å². The van der Waals surface area contributed by atoms with Crippen LogP contribution in [0.25, 0.3) is 22.4 Å². The van der Waals surface area contributed by atoms with Crippen molar-refractivity contribution in [3.05, 3.63) is 118 Å². The maximum Gasteiger partial charge on any atom is 0.335 e. The second-order valence-corrected chi connectivity index (χ2v) is 11.5. The molecule has 4 aromatic carbocycles. The van der Waals surface area contributed by atoms with Crippen LogP contribution < -0.4 is 10.2 Å². The number of benzene rings is 4. The molecule has 0 spiro atoms. The summed E-state index contributed by atoms with van der Waals surface area (Å²) in [4.78, 5) is 33.6. The predicted molar refractivity (Wildman–Crippen MR) is 169 cm³/mol. The van der Waals surface area contributed by atoms with Gasteiger partial charge in [-0.1, -0.05) is 55.1 Å². The fourth-order valence-corrected chi connectivity index (χ4v) is 6.10. The molecule has 1 aliphatic rings. The molecule has 230 valence electrons. The number of nitrogens with zero attached hydrogens (tertiary/aromatic N) is 2. The number of nitrogens with one attached hydrogen (secondary N) is 1. The lowest BCUT2D eigenvalue weighted by Gasteiger charge is -2.26. The number of hydroxylamine groups is 1. The number of fused-ring (bicyclic) bond motifs is 1. The number of carbonyl (C=O) groups is 2. The highest BCUT2D eigenvalue weighted by Gasteiger charge is 2.25. The number of ether oxygens (including phenoxy) is 1. The minimum atomic E-state index is -1.04. The van der Waals surface area contributed by atoms with Gasteiger partial charge in [-0.15, -0.1) is 0 Å². The predicted octanol–water partition coefficient (Wildman–Crippen LogP) is 8.16. The molecule has 0 aliphatic heterocycles. The second kappa shape index (κ2) is 13.1. The lowest BCUT2D eigenvalue weighted by Crippen LogP contribution is -2.22. The highest BCUT2D eigenvalue weighted by molar-refractivity contribution is 6.30. The summed E-state index contributed by atoms with van der Waals surface area (Å²) in [5, 5.41) is 10.1. The first-order chi connectivity index (χ1) is 21.8. The summed E-state index contributed by atoms with van der Waals surface area (Å²) in [6, 6.07) is 23.7. The van der Waals surface area contributed by atoms with Gasteiger partial charge in [0.25, 0.3) is 5.91 Å². The van der Waals surface area contributed by atoms with Gasteiger partial charge >= 0.3 is 5.97 Å². The Bertz CT molecular complexity index is 1870. The first-order valence-electron chi connectivity index (χ1n) is 14.7. The third-order valence-electron chi connectivity index (χ3n) is 8.13. The number of halogens is 2. The van der Waals surface area contributed by atoms with E-state index in [9.17, 15) is 14.7 Å². The van der Waals surface area contributed by atoms with Crippen molar-refractivity contribution in [1.82, 2.24) is 15.0 Å². The van der Waals surface area contributed by atoms with Crippen LogP contribution in [0.2, 0.25) is 5.02 Å². The van der Waals surface area contributed by atoms with E-state index in [4.69, 9.17) is 26.2 Å². The summed E-state index contributed by atoms with van der Waals surface area (Å²) in [6.07, 6.45) is 4.46. The molecule has 2 N–H and O–H groups in total. The molecule has 1 atom stereocenters. The zero-order valence-corrected chi connectivity index (χ0v) is 25.3. The second-order valence-electron chi connectivity index (χ2n) is 11.1. The van der Waals surface area contributed by atoms with Gasteiger partial charge in [0.2, 0.25) is 0 Å². The number of carbonyl (C=O) groups excluding carboxylic acids is 1. The van der Waals surface area contributed by atoms with Crippen LogP contribution in [0.15, 0.2) is 84.9 Å². The van der Waals surface area contributed by atoms with Crippen LogP contribution in [0, 0.1) is 5.82 Å². The lowest BCUT2D eigenvalue weighted by molar-refractivity contribution is 0.0537. The van der Waals surface area contributed by atoms with E-state index in [-0.39, 0.29) is 17.4 Å². The highest BCUT2D eigenvalue weighted by Crippen LogP contribution is 2.38. The van der Waals surface area contributed by atoms with Gasteiger partial charge in [-0.25, -0.2) is 19.6 Å². The van der Waals surface area contributed by atoms with Gasteiger partial charge in [0.15, 0.2) is 0 Å². The molecule has 45 heavy (non-hydrogen) atoms. The van der Waals surface area contributed by atoms with Crippen molar-refractivity contribution < 1.29 is 28.7 Å². The van der Waals surface area contributed by atoms with Gasteiger partial charge in [-0.2, -0.15) is 0 Å². The minimum absolute atomic E-state index is 0.127. The smallest absolute Gasteiger partial charge is 0.335 e. The number of aromatic carboxylic acids is 1. The third-order valence-corrected chi connectivity index (χ3v) is 8.38. The van der Waals surface area contributed by atoms with Crippen molar-refractivity contribution in [2.24, 2.45) is 0 Å². The molecular formula is C35H31ClFN3O5. The first kappa shape index (κ1) is 30.3. The zero-order valence-electron chi connectivity index (χ0n) is 24.5. The molecule has 10 heteroatoms. The standard InChI is InChI=1S/C35H31ClFN3O5/c1-44-39-34(41)23-7-5-6-22(18-23)32(21-10-13-25(36)14-11-21)45-27-15-16-28(29(37)20-27)33-38-30-19-24(35(42)43)12-17-31(30)40(33)26-8-3-2-4-9-26/h5-7,10-20,26,32H,2-4,8-9H2,1H3,(H,39,41)(H,42,43). The first-order valence-corrected chi connectivity index (χ1v) is 15.1. The van der Waals surface area contributed by atoms with E-state index >= 15 is 4.39 Å². The number of amides is 1. The number of hydrogen-bond donors (Lipinski definition) is 2. The zero-order chi connectivity index (χ0) is 31.5. The maximum atomic E-state index is 16.1. The molecule has 0 saturated heterocycles. The van der Waals surface area contributed by atoms with Crippen molar-refractivity contribution in [3.8, 4) is 17.1 Å². The van der Waals surface area contributed by atoms with Gasteiger partial charge in [0, 0.05) is 22.7 Å². The number of imidazole rings is 1. The van der Waals surface area contributed by atoms with Gasteiger partial charge in [-0.05, 0) is 78.6 Å². The Hall–Kier alpha value is -4.73. The molecule has 1 heterocycles. The van der Waals surface area contributed by atoms with E-state index in [1.165, 1.54) is 19.2 Å². The molecule has 8 nitrogen and oxygen atoms in total. The number of carboxylic acids is 1. The molecule has 0 radical (unpaired) electrons. The maximum absolute atomic E-state index is 16.1. The number of carboxylic acid groups (broad SMARTS) is 1. The SMILES string of the molecule is CONC(=O)c1cccc(C(Oc2ccc(-c3nc4cc(C(=O)O)ccc4n3C3CCCCC3)c(F)c2)c2ccc(Cl)cc2)c1. The van der Waals surface area contributed by atoms with Crippen LogP contribution in [0.5, 0.6) is 5.75 Å². The Morgan fingerprint density at radius 2 is 1.73 bits per heavy atom. The van der Waals surface area contributed by atoms with Crippen molar-refractivity contribution in [3.63, 3.8) is 0 Å². The Morgan fingerprint density at radius 1 is 0.956 bits per heavy atom. The number of hydrogen-bond acceptors (Lipinski definition) is 5. The fourth-order valence-electron chi connectivity index (χ4n) is 5.98. The van der Waals surface area contributed by atoms with Crippen molar-refractivity contribution in [1.29, 1.82) is 0 Å². The molecule has 1 unspecified atom stereocenters. The Labute approximate surface area is 264 Å². The molecule has 1 aromatic heterocycles. The molecule has 1 fully saturated rings. The third kappa shape index (κ3) is 6.41. The average Bonchev–Trinajstić information content (AvgIpc) is 3.43.